The lowest BCUT2D eigenvalue weighted by molar-refractivity contribution is -0.148. The van der Waals surface area contributed by atoms with Gasteiger partial charge in [-0.25, -0.2) is 0 Å². The predicted octanol–water partition coefficient (Wildman–Crippen LogP) is 4.18. The summed E-state index contributed by atoms with van der Waals surface area (Å²) in [5, 5.41) is 3.06. The van der Waals surface area contributed by atoms with Crippen LogP contribution in [0.25, 0.3) is 0 Å². The second-order valence-electron chi connectivity index (χ2n) is 7.77. The van der Waals surface area contributed by atoms with Crippen LogP contribution >= 0.6 is 0 Å². The summed E-state index contributed by atoms with van der Waals surface area (Å²) in [7, 11) is 0. The zero-order valence-corrected chi connectivity index (χ0v) is 15.5. The van der Waals surface area contributed by atoms with Crippen LogP contribution in [0.4, 0.5) is 0 Å². The van der Waals surface area contributed by atoms with Crippen LogP contribution in [0.5, 0.6) is 0 Å². The second kappa shape index (κ2) is 10.7. The van der Waals surface area contributed by atoms with E-state index in [1.54, 1.807) is 4.90 Å². The number of nitrogens with zero attached hydrogens (tertiary/aromatic N) is 1. The predicted molar refractivity (Wildman–Crippen MR) is 97.7 cm³/mol. The molecule has 0 aromatic rings. The highest BCUT2D eigenvalue weighted by Gasteiger charge is 2.29. The zero-order valence-electron chi connectivity index (χ0n) is 15.5. The molecule has 0 bridgehead atoms. The van der Waals surface area contributed by atoms with Crippen LogP contribution in [-0.2, 0) is 9.59 Å². The molecule has 0 spiro atoms. The fourth-order valence-corrected chi connectivity index (χ4v) is 4.08. The summed E-state index contributed by atoms with van der Waals surface area (Å²) in [6, 6.07) is 0.384. The first-order valence-corrected chi connectivity index (χ1v) is 10.3. The average Bonchev–Trinajstić information content (AvgIpc) is 2.57. The quantitative estimate of drug-likeness (QED) is 0.730. The van der Waals surface area contributed by atoms with Gasteiger partial charge in [0.05, 0.1) is 0 Å². The maximum Gasteiger partial charge on any atom is 0.312 e. The molecule has 24 heavy (non-hydrogen) atoms. The van der Waals surface area contributed by atoms with Crippen LogP contribution in [0.1, 0.15) is 96.8 Å². The van der Waals surface area contributed by atoms with Gasteiger partial charge in [-0.2, -0.15) is 0 Å². The number of hydrogen-bond acceptors (Lipinski definition) is 2. The molecule has 0 aromatic carbocycles. The van der Waals surface area contributed by atoms with E-state index in [1.807, 2.05) is 0 Å². The Morgan fingerprint density at radius 3 is 1.79 bits per heavy atom. The van der Waals surface area contributed by atoms with Gasteiger partial charge in [-0.3, -0.25) is 9.59 Å². The Morgan fingerprint density at radius 2 is 1.25 bits per heavy atom. The van der Waals surface area contributed by atoms with Crippen LogP contribution in [0.15, 0.2) is 0 Å². The van der Waals surface area contributed by atoms with Crippen molar-refractivity contribution in [1.82, 2.24) is 10.2 Å². The average molecular weight is 337 g/mol. The molecular formula is C20H36N2O2. The Bertz CT molecular complexity index is 385. The SMILES string of the molecule is CC1CCCCN1C(=O)C(=O)NC1CCCCCCCCCCC1. The van der Waals surface area contributed by atoms with E-state index in [-0.39, 0.29) is 23.9 Å². The van der Waals surface area contributed by atoms with Crippen LogP contribution < -0.4 is 5.32 Å². The highest BCUT2D eigenvalue weighted by Crippen LogP contribution is 2.18. The number of rotatable bonds is 1. The monoisotopic (exact) mass is 336 g/mol. The van der Waals surface area contributed by atoms with Crippen LogP contribution in [0, 0.1) is 0 Å². The third kappa shape index (κ3) is 6.45. The summed E-state index contributed by atoms with van der Waals surface area (Å²) in [5.74, 6) is -0.686. The summed E-state index contributed by atoms with van der Waals surface area (Å²) in [5.41, 5.74) is 0. The van der Waals surface area contributed by atoms with Gasteiger partial charge >= 0.3 is 11.8 Å². The van der Waals surface area contributed by atoms with Gasteiger partial charge in [0.2, 0.25) is 0 Å². The smallest absolute Gasteiger partial charge is 0.312 e. The third-order valence-corrected chi connectivity index (χ3v) is 5.70. The Labute approximate surface area is 147 Å². The number of carbonyl (C=O) groups is 2. The number of hydrogen-bond donors (Lipinski definition) is 1. The topological polar surface area (TPSA) is 49.4 Å². The summed E-state index contributed by atoms with van der Waals surface area (Å²) in [6.45, 7) is 2.79. The maximum absolute atomic E-state index is 12.5. The molecule has 2 fully saturated rings. The van der Waals surface area contributed by atoms with Crippen LogP contribution in [0.3, 0.4) is 0 Å². The van der Waals surface area contributed by atoms with Crippen LogP contribution in [0.2, 0.25) is 0 Å². The highest BCUT2D eigenvalue weighted by atomic mass is 16.2. The van der Waals surface area contributed by atoms with Crippen molar-refractivity contribution in [3.8, 4) is 0 Å². The molecule has 2 aliphatic rings. The molecule has 138 valence electrons. The van der Waals surface area contributed by atoms with E-state index in [0.29, 0.717) is 0 Å². The Morgan fingerprint density at radius 1 is 0.750 bits per heavy atom. The molecule has 0 aromatic heterocycles. The van der Waals surface area contributed by atoms with Gasteiger partial charge in [0.1, 0.15) is 0 Å². The van der Waals surface area contributed by atoms with Gasteiger partial charge in [-0.05, 0) is 39.0 Å². The molecule has 1 saturated heterocycles. The minimum atomic E-state index is -0.374. The molecule has 2 amide bonds. The molecule has 1 unspecified atom stereocenters. The number of carbonyl (C=O) groups excluding carboxylic acids is 2. The first kappa shape index (κ1) is 19.3. The Hall–Kier alpha value is -1.06. The molecule has 0 radical (unpaired) electrons. The first-order chi connectivity index (χ1) is 11.7. The van der Waals surface area contributed by atoms with Crippen molar-refractivity contribution in [3.05, 3.63) is 0 Å². The number of nitrogens with one attached hydrogen (secondary N) is 1. The minimum absolute atomic E-state index is 0.181. The summed E-state index contributed by atoms with van der Waals surface area (Å²) in [4.78, 5) is 26.7. The van der Waals surface area contributed by atoms with Crippen molar-refractivity contribution in [1.29, 1.82) is 0 Å². The van der Waals surface area contributed by atoms with Gasteiger partial charge in [0.15, 0.2) is 0 Å². The number of amides is 2. The summed E-state index contributed by atoms with van der Waals surface area (Å²) < 4.78 is 0. The van der Waals surface area contributed by atoms with E-state index in [1.165, 1.54) is 57.8 Å². The van der Waals surface area contributed by atoms with E-state index in [4.69, 9.17) is 0 Å². The summed E-state index contributed by atoms with van der Waals surface area (Å²) >= 11 is 0. The molecule has 1 atom stereocenters. The van der Waals surface area contributed by atoms with Gasteiger partial charge in [-0.1, -0.05) is 57.8 Å². The van der Waals surface area contributed by atoms with E-state index in [0.717, 1.165) is 38.6 Å². The van der Waals surface area contributed by atoms with Crippen molar-refractivity contribution in [3.63, 3.8) is 0 Å². The number of piperidine rings is 1. The number of likely N-dealkylation sites (tertiary alicyclic amines) is 1. The van der Waals surface area contributed by atoms with Gasteiger partial charge in [-0.15, -0.1) is 0 Å². The van der Waals surface area contributed by atoms with Crippen molar-refractivity contribution >= 4 is 11.8 Å². The van der Waals surface area contributed by atoms with E-state index >= 15 is 0 Å². The molecule has 4 nitrogen and oxygen atoms in total. The van der Waals surface area contributed by atoms with Gasteiger partial charge < -0.3 is 10.2 Å². The summed E-state index contributed by atoms with van der Waals surface area (Å²) in [6.07, 6.45) is 16.8. The third-order valence-electron chi connectivity index (χ3n) is 5.70. The van der Waals surface area contributed by atoms with Gasteiger partial charge in [0.25, 0.3) is 0 Å². The van der Waals surface area contributed by atoms with E-state index < -0.39 is 0 Å². The lowest BCUT2D eigenvalue weighted by atomic mass is 9.98. The largest absolute Gasteiger partial charge is 0.345 e. The fourth-order valence-electron chi connectivity index (χ4n) is 4.08. The minimum Gasteiger partial charge on any atom is -0.345 e. The molecule has 1 aliphatic heterocycles. The Kier molecular flexibility index (Phi) is 8.62. The lowest BCUT2D eigenvalue weighted by Crippen LogP contribution is -2.51. The molecule has 1 aliphatic carbocycles. The van der Waals surface area contributed by atoms with E-state index in [2.05, 4.69) is 12.2 Å². The van der Waals surface area contributed by atoms with Crippen molar-refractivity contribution < 1.29 is 9.59 Å². The van der Waals surface area contributed by atoms with Crippen molar-refractivity contribution in [2.24, 2.45) is 0 Å². The van der Waals surface area contributed by atoms with Crippen LogP contribution in [-0.4, -0.2) is 35.3 Å². The highest BCUT2D eigenvalue weighted by molar-refractivity contribution is 6.35. The fraction of sp³-hybridized carbons (Fsp3) is 0.900. The molecule has 4 heteroatoms. The zero-order chi connectivity index (χ0) is 17.2. The lowest BCUT2D eigenvalue weighted by Gasteiger charge is -2.33. The van der Waals surface area contributed by atoms with Crippen molar-refractivity contribution in [2.45, 2.75) is 109 Å². The first-order valence-electron chi connectivity index (χ1n) is 10.3. The van der Waals surface area contributed by atoms with E-state index in [9.17, 15) is 9.59 Å². The molecule has 2 rings (SSSR count). The molecule has 1 heterocycles. The van der Waals surface area contributed by atoms with Gasteiger partial charge in [0, 0.05) is 18.6 Å². The Balaban J connectivity index is 1.82. The van der Waals surface area contributed by atoms with Crippen molar-refractivity contribution in [2.75, 3.05) is 6.54 Å². The normalized spacial score (nSPS) is 25.4. The standard InChI is InChI=1S/C20H36N2O2/c1-17-13-11-12-16-22(17)20(24)19(23)21-18-14-9-7-5-3-2-4-6-8-10-15-18/h17-18H,2-16H2,1H3,(H,21,23). The molecular weight excluding hydrogens is 300 g/mol. The molecule has 1 saturated carbocycles. The second-order valence-corrected chi connectivity index (χ2v) is 7.77. The maximum atomic E-state index is 12.5. The molecule has 1 N–H and O–H groups in total.